The molecule has 110 valence electrons. The number of piperidine rings is 1. The highest BCUT2D eigenvalue weighted by molar-refractivity contribution is 5.61. The Kier molecular flexibility index (Phi) is 4.55. The first-order valence-electron chi connectivity index (χ1n) is 7.66. The maximum Gasteiger partial charge on any atom is 0.0701 e. The largest absolute Gasteiger partial charge is 0.394 e. The van der Waals surface area contributed by atoms with Gasteiger partial charge in [0.15, 0.2) is 0 Å². The van der Waals surface area contributed by atoms with Gasteiger partial charge >= 0.3 is 0 Å². The van der Waals surface area contributed by atoms with E-state index in [0.29, 0.717) is 12.7 Å². The second-order valence-electron chi connectivity index (χ2n) is 5.70. The topological polar surface area (TPSA) is 44.7 Å². The van der Waals surface area contributed by atoms with E-state index in [1.54, 1.807) is 0 Å². The lowest BCUT2D eigenvalue weighted by Gasteiger charge is -2.32. The van der Waals surface area contributed by atoms with Gasteiger partial charge in [-0.2, -0.15) is 0 Å². The summed E-state index contributed by atoms with van der Waals surface area (Å²) in [5.41, 5.74) is 4.25. The van der Waals surface area contributed by atoms with Crippen LogP contribution in [0.4, 0.5) is 5.69 Å². The zero-order valence-electron chi connectivity index (χ0n) is 12.0. The van der Waals surface area contributed by atoms with Crippen LogP contribution in [0.25, 0.3) is 0 Å². The molecular formula is C16H24N2O2. The first-order chi connectivity index (χ1) is 9.86. The van der Waals surface area contributed by atoms with Crippen molar-refractivity contribution in [1.29, 1.82) is 0 Å². The van der Waals surface area contributed by atoms with Crippen molar-refractivity contribution in [3.63, 3.8) is 0 Å². The van der Waals surface area contributed by atoms with Crippen molar-refractivity contribution in [3.8, 4) is 0 Å². The molecule has 0 atom stereocenters. The van der Waals surface area contributed by atoms with Gasteiger partial charge in [-0.25, -0.2) is 0 Å². The third-order valence-electron chi connectivity index (χ3n) is 4.31. The second-order valence-corrected chi connectivity index (χ2v) is 5.70. The molecule has 1 aromatic carbocycles. The van der Waals surface area contributed by atoms with Gasteiger partial charge < -0.3 is 15.2 Å². The molecule has 2 heterocycles. The number of hydrogen-bond donors (Lipinski definition) is 2. The van der Waals surface area contributed by atoms with Crippen LogP contribution in [0.15, 0.2) is 18.2 Å². The van der Waals surface area contributed by atoms with E-state index < -0.39 is 0 Å². The van der Waals surface area contributed by atoms with Crippen LogP contribution >= 0.6 is 0 Å². The van der Waals surface area contributed by atoms with E-state index in [-0.39, 0.29) is 6.61 Å². The molecule has 0 aliphatic carbocycles. The highest BCUT2D eigenvalue weighted by atomic mass is 16.5. The van der Waals surface area contributed by atoms with Crippen LogP contribution in [-0.4, -0.2) is 49.0 Å². The van der Waals surface area contributed by atoms with Crippen LogP contribution in [0, 0.1) is 0 Å². The number of nitrogens with one attached hydrogen (secondary N) is 1. The molecule has 2 N–H and O–H groups in total. The molecule has 0 aromatic heterocycles. The molecule has 3 rings (SSSR count). The Morgan fingerprint density at radius 1 is 1.30 bits per heavy atom. The number of rotatable bonds is 5. The number of benzene rings is 1. The number of aliphatic hydroxyl groups is 1. The smallest absolute Gasteiger partial charge is 0.0701 e. The summed E-state index contributed by atoms with van der Waals surface area (Å²) in [6.45, 7) is 4.87. The maximum absolute atomic E-state index is 8.79. The average Bonchev–Trinajstić information content (AvgIpc) is 2.96. The molecule has 0 bridgehead atoms. The fourth-order valence-electron chi connectivity index (χ4n) is 3.24. The summed E-state index contributed by atoms with van der Waals surface area (Å²) in [4.78, 5) is 2.51. The molecule has 0 amide bonds. The quantitative estimate of drug-likeness (QED) is 0.858. The van der Waals surface area contributed by atoms with E-state index in [0.717, 1.165) is 45.4 Å². The number of nitrogens with zero attached hydrogens (tertiary/aromatic N) is 1. The summed E-state index contributed by atoms with van der Waals surface area (Å²) in [5, 5.41) is 12.3. The van der Waals surface area contributed by atoms with Crippen LogP contribution in [0.5, 0.6) is 0 Å². The van der Waals surface area contributed by atoms with E-state index in [4.69, 9.17) is 9.84 Å². The Morgan fingerprint density at radius 3 is 2.95 bits per heavy atom. The van der Waals surface area contributed by atoms with E-state index in [2.05, 4.69) is 28.4 Å². The first-order valence-corrected chi connectivity index (χ1v) is 7.66. The minimum absolute atomic E-state index is 0.127. The molecule has 2 aliphatic rings. The summed E-state index contributed by atoms with van der Waals surface area (Å²) in [7, 11) is 0. The third kappa shape index (κ3) is 3.14. The molecule has 0 radical (unpaired) electrons. The number of aliphatic hydroxyl groups excluding tert-OH is 1. The van der Waals surface area contributed by atoms with E-state index >= 15 is 0 Å². The lowest BCUT2D eigenvalue weighted by Crippen LogP contribution is -2.37. The van der Waals surface area contributed by atoms with Crippen molar-refractivity contribution in [2.45, 2.75) is 31.9 Å². The maximum atomic E-state index is 8.79. The molecule has 4 heteroatoms. The van der Waals surface area contributed by atoms with Crippen molar-refractivity contribution < 1.29 is 9.84 Å². The predicted molar refractivity (Wildman–Crippen MR) is 80.0 cm³/mol. The van der Waals surface area contributed by atoms with Gasteiger partial charge in [-0.1, -0.05) is 18.2 Å². The number of para-hydroxylation sites is 1. The Hall–Kier alpha value is -1.10. The van der Waals surface area contributed by atoms with E-state index in [9.17, 15) is 0 Å². The molecule has 1 saturated heterocycles. The average molecular weight is 276 g/mol. The Labute approximate surface area is 120 Å². The first kappa shape index (κ1) is 13.9. The molecule has 0 saturated carbocycles. The summed E-state index contributed by atoms with van der Waals surface area (Å²) < 4.78 is 5.62. The summed E-state index contributed by atoms with van der Waals surface area (Å²) in [6.07, 6.45) is 3.63. The second kappa shape index (κ2) is 6.57. The van der Waals surface area contributed by atoms with Crippen LogP contribution in [0.2, 0.25) is 0 Å². The van der Waals surface area contributed by atoms with E-state index in [1.165, 1.54) is 16.8 Å². The fraction of sp³-hybridized carbons (Fsp3) is 0.625. The highest BCUT2D eigenvalue weighted by Gasteiger charge is 2.21. The van der Waals surface area contributed by atoms with Gasteiger partial charge in [0, 0.05) is 31.9 Å². The minimum atomic E-state index is 0.127. The molecule has 1 fully saturated rings. The van der Waals surface area contributed by atoms with Gasteiger partial charge in [-0.15, -0.1) is 0 Å². The van der Waals surface area contributed by atoms with Crippen LogP contribution in [0.3, 0.4) is 0 Å². The monoisotopic (exact) mass is 276 g/mol. The van der Waals surface area contributed by atoms with Gasteiger partial charge in [-0.3, -0.25) is 4.90 Å². The minimum Gasteiger partial charge on any atom is -0.394 e. The van der Waals surface area contributed by atoms with Crippen LogP contribution in [-0.2, 0) is 17.7 Å². The third-order valence-corrected chi connectivity index (χ3v) is 4.31. The predicted octanol–water partition coefficient (Wildman–Crippen LogP) is 1.63. The molecule has 4 nitrogen and oxygen atoms in total. The normalized spacial score (nSPS) is 19.9. The number of likely N-dealkylation sites (tertiary alicyclic amines) is 1. The standard InChI is InChI=1S/C16H24N2O2/c19-10-11-20-15-5-8-18(9-6-15)12-14-3-1-2-13-4-7-17-16(13)14/h1-3,15,17,19H,4-12H2. The molecule has 2 aliphatic heterocycles. The van der Waals surface area contributed by atoms with Crippen molar-refractivity contribution in [1.82, 2.24) is 4.90 Å². The summed E-state index contributed by atoms with van der Waals surface area (Å²) in [5.74, 6) is 0. The number of hydrogen-bond acceptors (Lipinski definition) is 4. The Balaban J connectivity index is 1.54. The fourth-order valence-corrected chi connectivity index (χ4v) is 3.24. The van der Waals surface area contributed by atoms with Crippen molar-refractivity contribution in [2.24, 2.45) is 0 Å². The highest BCUT2D eigenvalue weighted by Crippen LogP contribution is 2.28. The van der Waals surface area contributed by atoms with Crippen LogP contribution in [0.1, 0.15) is 24.0 Å². The zero-order chi connectivity index (χ0) is 13.8. The van der Waals surface area contributed by atoms with Crippen molar-refractivity contribution in [2.75, 3.05) is 38.2 Å². The summed E-state index contributed by atoms with van der Waals surface area (Å²) >= 11 is 0. The van der Waals surface area contributed by atoms with Gasteiger partial charge in [0.1, 0.15) is 0 Å². The zero-order valence-corrected chi connectivity index (χ0v) is 12.0. The molecular weight excluding hydrogens is 252 g/mol. The number of anilines is 1. The van der Waals surface area contributed by atoms with Crippen molar-refractivity contribution in [3.05, 3.63) is 29.3 Å². The lowest BCUT2D eigenvalue weighted by atomic mass is 10.0. The molecule has 20 heavy (non-hydrogen) atoms. The van der Waals surface area contributed by atoms with Crippen LogP contribution < -0.4 is 5.32 Å². The lowest BCUT2D eigenvalue weighted by molar-refractivity contribution is -0.00898. The number of ether oxygens (including phenoxy) is 1. The molecule has 0 unspecified atom stereocenters. The molecule has 0 spiro atoms. The van der Waals surface area contributed by atoms with Gasteiger partial charge in [-0.05, 0) is 30.4 Å². The van der Waals surface area contributed by atoms with Crippen molar-refractivity contribution >= 4 is 5.69 Å². The van der Waals surface area contributed by atoms with Gasteiger partial charge in [0.2, 0.25) is 0 Å². The Bertz CT molecular complexity index is 442. The SMILES string of the molecule is OCCOC1CCN(Cc2cccc3c2NCC3)CC1. The summed E-state index contributed by atoms with van der Waals surface area (Å²) in [6, 6.07) is 6.65. The Morgan fingerprint density at radius 2 is 2.15 bits per heavy atom. The van der Waals surface area contributed by atoms with Gasteiger partial charge in [0.05, 0.1) is 19.3 Å². The number of fused-ring (bicyclic) bond motifs is 1. The molecule has 1 aromatic rings. The van der Waals surface area contributed by atoms with Gasteiger partial charge in [0.25, 0.3) is 0 Å². The van der Waals surface area contributed by atoms with E-state index in [1.807, 2.05) is 0 Å².